The Bertz CT molecular complexity index is 2960. The fourth-order valence-corrected chi connectivity index (χ4v) is 28.2. The van der Waals surface area contributed by atoms with Crippen LogP contribution in [-0.2, 0) is 14.4 Å². The molecule has 0 aromatic carbocycles. The summed E-state index contributed by atoms with van der Waals surface area (Å²) in [6, 6.07) is 0. The highest BCUT2D eigenvalue weighted by atomic mass is 16.3. The molecule has 17 saturated carbocycles. The van der Waals surface area contributed by atoms with Crippen LogP contribution in [0.25, 0.3) is 0 Å². The van der Waals surface area contributed by atoms with Crippen LogP contribution in [0.1, 0.15) is 211 Å². The van der Waals surface area contributed by atoms with Crippen LogP contribution in [0.3, 0.4) is 0 Å². The Labute approximate surface area is 486 Å². The average Bonchev–Trinajstić information content (AvgIpc) is 2.16. The molecule has 0 radical (unpaired) electrons. The van der Waals surface area contributed by atoms with Crippen molar-refractivity contribution in [1.29, 1.82) is 0 Å². The van der Waals surface area contributed by atoms with E-state index in [1.54, 1.807) is 0 Å². The Hall–Kier alpha value is -2.33. The fraction of sp³-hybridized carbons (Fsp3) is 0.877. The van der Waals surface area contributed by atoms with Gasteiger partial charge in [-0.2, -0.15) is 0 Å². The van der Waals surface area contributed by atoms with Crippen LogP contribution in [0.5, 0.6) is 0 Å². The number of ketones is 3. The minimum absolute atomic E-state index is 0. The maximum atomic E-state index is 12.2. The molecule has 0 spiro atoms. The van der Waals surface area contributed by atoms with E-state index in [0.29, 0.717) is 138 Å². The van der Waals surface area contributed by atoms with E-state index in [1.807, 2.05) is 19.9 Å². The largest absolute Gasteiger partial charge is 0.389 e. The quantitative estimate of drug-likeness (QED) is 0.171. The standard InChI is InChI=1S/C24H36O3.C24H32O3.C24H30O2.CH4/c2*1-4-7-23(26)18-11-15(18)20-19-14-10-17(14)24(27)12-13(25)5-8-21(24,2)16(19)6-9-22(20,23)3;1-4-7-24(26)19-12-16(19)21-20-15-11-14(15)18-10-13(25)5-8-22(18,2)17(20)6-9-23(21,24)3;/h14-20,26-27H,4-12H2,1-3H3;14-20,26-27H,5-6,8-12H2,1-3H3;10,14-17,19-21,26H,5-6,8-9,11-12H2,1-3H3;1H4/t2*14-,15+,16?,17+,18-,19?,20?,21+,22-,23-,24+;14-,15+,16-,17?,19+,20?,21?,22-,23+,24+;/m001./s1. The number of allylic oxidation sites excluding steroid dienone is 1. The maximum Gasteiger partial charge on any atom is 0.155 e. The van der Waals surface area contributed by atoms with Gasteiger partial charge in [0.15, 0.2) is 5.78 Å². The zero-order valence-electron chi connectivity index (χ0n) is 50.2. The highest BCUT2D eigenvalue weighted by Gasteiger charge is 2.84. The van der Waals surface area contributed by atoms with Crippen LogP contribution in [0.15, 0.2) is 11.6 Å². The number of hydrogen-bond acceptors (Lipinski definition) is 8. The van der Waals surface area contributed by atoms with Gasteiger partial charge in [-0.1, -0.05) is 79.7 Å². The van der Waals surface area contributed by atoms with Crippen molar-refractivity contribution in [2.45, 2.75) is 239 Å². The number of rotatable bonds is 2. The lowest BCUT2D eigenvalue weighted by molar-refractivity contribution is -0.223. The summed E-state index contributed by atoms with van der Waals surface area (Å²) in [5, 5.41) is 58.7. The van der Waals surface area contributed by atoms with Gasteiger partial charge in [0.1, 0.15) is 22.8 Å². The number of carbonyl (C=O) groups is 3. The van der Waals surface area contributed by atoms with Gasteiger partial charge in [0, 0.05) is 65.6 Å². The molecule has 8 heteroatoms. The Balaban J connectivity index is 0.000000104. The van der Waals surface area contributed by atoms with Gasteiger partial charge in [-0.05, 0) is 246 Å². The molecule has 9 unspecified atom stereocenters. The van der Waals surface area contributed by atoms with E-state index in [9.17, 15) is 39.9 Å². The monoisotopic (exact) mass is 1110 g/mol. The zero-order valence-corrected chi connectivity index (χ0v) is 50.2. The topological polar surface area (TPSA) is 152 Å². The van der Waals surface area contributed by atoms with Crippen molar-refractivity contribution in [2.24, 2.45) is 157 Å². The van der Waals surface area contributed by atoms with Gasteiger partial charge in [0.2, 0.25) is 0 Å². The molecule has 442 valence electrons. The van der Waals surface area contributed by atoms with E-state index in [1.165, 1.54) is 31.3 Å². The van der Waals surface area contributed by atoms with E-state index in [4.69, 9.17) is 0 Å². The molecule has 32 atom stereocenters. The van der Waals surface area contributed by atoms with Gasteiger partial charge in [0.05, 0.1) is 16.8 Å². The first kappa shape index (κ1) is 55.3. The molecule has 0 saturated heterocycles. The molecule has 18 aliphatic carbocycles. The molecule has 0 aromatic rings. The van der Waals surface area contributed by atoms with Gasteiger partial charge in [0.25, 0.3) is 0 Å². The summed E-state index contributed by atoms with van der Waals surface area (Å²) in [7, 11) is 0. The molecule has 0 heterocycles. The molecule has 18 aliphatic rings. The van der Waals surface area contributed by atoms with Crippen molar-refractivity contribution >= 4 is 17.3 Å². The highest BCUT2D eigenvalue weighted by molar-refractivity contribution is 5.92. The molecule has 5 N–H and O–H groups in total. The van der Waals surface area contributed by atoms with Crippen molar-refractivity contribution in [3.63, 3.8) is 0 Å². The molecular weight excluding hydrogens is 1000 g/mol. The zero-order chi connectivity index (χ0) is 56.0. The Morgan fingerprint density at radius 2 is 0.914 bits per heavy atom. The summed E-state index contributed by atoms with van der Waals surface area (Å²) in [5.74, 6) is 25.8. The molecule has 0 amide bonds. The second kappa shape index (κ2) is 16.6. The third-order valence-corrected chi connectivity index (χ3v) is 32.1. The van der Waals surface area contributed by atoms with E-state index >= 15 is 0 Å². The lowest BCUT2D eigenvalue weighted by Gasteiger charge is -2.64. The van der Waals surface area contributed by atoms with Crippen LogP contribution in [-0.4, -0.2) is 70.9 Å². The van der Waals surface area contributed by atoms with Gasteiger partial charge in [-0.15, -0.1) is 11.8 Å². The summed E-state index contributed by atoms with van der Waals surface area (Å²) in [6.45, 7) is 20.1. The average molecular weight is 1110 g/mol. The minimum Gasteiger partial charge on any atom is -0.389 e. The Morgan fingerprint density at radius 1 is 0.481 bits per heavy atom. The summed E-state index contributed by atoms with van der Waals surface area (Å²) in [5.41, 5.74) is -2.09. The first-order valence-electron chi connectivity index (χ1n) is 33.6. The van der Waals surface area contributed by atoms with Crippen LogP contribution in [0, 0.1) is 180 Å². The van der Waals surface area contributed by atoms with Crippen molar-refractivity contribution in [3.8, 4) is 23.7 Å². The summed E-state index contributed by atoms with van der Waals surface area (Å²) < 4.78 is 0. The highest BCUT2D eigenvalue weighted by Crippen LogP contribution is 2.85. The normalized spacial score (nSPS) is 63.1. The Kier molecular flexibility index (Phi) is 11.3. The van der Waals surface area contributed by atoms with E-state index in [-0.39, 0.29) is 51.5 Å². The second-order valence-electron chi connectivity index (χ2n) is 34.1. The van der Waals surface area contributed by atoms with Crippen LogP contribution >= 0.6 is 0 Å². The Morgan fingerprint density at radius 3 is 1.41 bits per heavy atom. The number of Topliss-reactive ketones (excluding diaryl/α,β-unsaturated/α-hetero) is 2. The molecule has 17 fully saturated rings. The molecule has 0 aromatic heterocycles. The minimum atomic E-state index is -0.816. The summed E-state index contributed by atoms with van der Waals surface area (Å²) in [4.78, 5) is 36.6. The number of aliphatic hydroxyl groups is 5. The fourth-order valence-electron chi connectivity index (χ4n) is 28.2. The van der Waals surface area contributed by atoms with Crippen molar-refractivity contribution in [3.05, 3.63) is 11.6 Å². The van der Waals surface area contributed by atoms with Crippen molar-refractivity contribution < 1.29 is 39.9 Å². The molecule has 81 heavy (non-hydrogen) atoms. The molecule has 0 bridgehead atoms. The van der Waals surface area contributed by atoms with E-state index in [0.717, 1.165) is 108 Å². The van der Waals surface area contributed by atoms with Crippen molar-refractivity contribution in [1.82, 2.24) is 0 Å². The predicted molar refractivity (Wildman–Crippen MR) is 311 cm³/mol. The molecular formula is C73H102O8. The molecule has 0 aliphatic heterocycles. The van der Waals surface area contributed by atoms with Crippen LogP contribution in [0.4, 0.5) is 0 Å². The van der Waals surface area contributed by atoms with Crippen LogP contribution in [0.2, 0.25) is 0 Å². The first-order chi connectivity index (χ1) is 37.8. The SMILES string of the molecule is C.CC#C[C@]1(O)[C@H]2C[C@H]2C2C3C(CC[C@@]21C)[C@@]1(C)CCC(=O)C=C1[C@@H]1C[C@H]31.CC#C[C@]1(O)[C@H]2C[C@H]2C2C3C(CC[C@@]21C)[C@@]1(C)CCC(=O)C[C@@]1(O)[C@@H]1C[C@H]31.CCC[C@]1(O)[C@H]2C[C@H]2C2C3C(CC[C@@]21C)[C@@]1(C)CCC(=O)C[C@@]1(O)[C@@H]1C[C@H]31. The first-order valence-corrected chi connectivity index (χ1v) is 33.6. The molecule has 8 nitrogen and oxygen atoms in total. The third kappa shape index (κ3) is 6.35. The van der Waals surface area contributed by atoms with Crippen molar-refractivity contribution in [2.75, 3.05) is 0 Å². The number of hydrogen-bond donors (Lipinski definition) is 5. The second-order valence-corrected chi connectivity index (χ2v) is 34.1. The van der Waals surface area contributed by atoms with Gasteiger partial charge in [-0.3, -0.25) is 14.4 Å². The molecule has 18 rings (SSSR count). The lowest BCUT2D eigenvalue weighted by Crippen LogP contribution is -2.65. The maximum absolute atomic E-state index is 12.2. The number of fused-ring (bicyclic) bond motifs is 30. The van der Waals surface area contributed by atoms with E-state index < -0.39 is 28.0 Å². The lowest BCUT2D eigenvalue weighted by atomic mass is 9.42. The van der Waals surface area contributed by atoms with Crippen LogP contribution < -0.4 is 0 Å². The van der Waals surface area contributed by atoms with Gasteiger partial charge in [-0.25, -0.2) is 0 Å². The summed E-state index contributed by atoms with van der Waals surface area (Å²) in [6.07, 6.45) is 23.4. The smallest absolute Gasteiger partial charge is 0.155 e. The number of carbonyl (C=O) groups excluding carboxylic acids is 3. The third-order valence-electron chi connectivity index (χ3n) is 32.1. The summed E-state index contributed by atoms with van der Waals surface area (Å²) >= 11 is 0. The van der Waals surface area contributed by atoms with Gasteiger partial charge < -0.3 is 25.5 Å². The predicted octanol–water partition coefficient (Wildman–Crippen LogP) is 11.8. The van der Waals surface area contributed by atoms with Gasteiger partial charge >= 0.3 is 0 Å². The van der Waals surface area contributed by atoms with E-state index in [2.05, 4.69) is 72.1 Å².